The van der Waals surface area contributed by atoms with Crippen molar-refractivity contribution < 1.29 is 9.90 Å². The van der Waals surface area contributed by atoms with E-state index in [-0.39, 0.29) is 5.56 Å². The fourth-order valence-electron chi connectivity index (χ4n) is 1.98. The predicted octanol–water partition coefficient (Wildman–Crippen LogP) is 3.50. The van der Waals surface area contributed by atoms with Gasteiger partial charge in [-0.3, -0.25) is 0 Å². The van der Waals surface area contributed by atoms with E-state index >= 15 is 0 Å². The number of aromatic nitrogens is 2. The van der Waals surface area contributed by atoms with Gasteiger partial charge in [0.25, 0.3) is 0 Å². The Balaban J connectivity index is 1.85. The maximum atomic E-state index is 10.8. The van der Waals surface area contributed by atoms with Crippen molar-refractivity contribution in [3.63, 3.8) is 0 Å². The highest BCUT2D eigenvalue weighted by molar-refractivity contribution is 5.88. The predicted molar refractivity (Wildman–Crippen MR) is 81.9 cm³/mol. The highest BCUT2D eigenvalue weighted by atomic mass is 16.4. The lowest BCUT2D eigenvalue weighted by Crippen LogP contribution is -1.94. The SMILES string of the molecule is O=C(O)c1ccc(C=Cc2ccc3cccnc3n2)cc1. The molecule has 0 aliphatic carbocycles. The molecule has 0 unspecified atom stereocenters. The summed E-state index contributed by atoms with van der Waals surface area (Å²) < 4.78 is 0. The molecule has 1 N–H and O–H groups in total. The monoisotopic (exact) mass is 276 g/mol. The fourth-order valence-corrected chi connectivity index (χ4v) is 1.98. The van der Waals surface area contributed by atoms with Gasteiger partial charge in [-0.25, -0.2) is 14.8 Å². The minimum atomic E-state index is -0.923. The van der Waals surface area contributed by atoms with Crippen LogP contribution in [0, 0.1) is 0 Å². The zero-order chi connectivity index (χ0) is 14.7. The van der Waals surface area contributed by atoms with Crippen LogP contribution in [0.3, 0.4) is 0 Å². The van der Waals surface area contributed by atoms with E-state index in [1.807, 2.05) is 36.4 Å². The minimum absolute atomic E-state index is 0.278. The summed E-state index contributed by atoms with van der Waals surface area (Å²) in [7, 11) is 0. The molecule has 0 fully saturated rings. The molecule has 0 saturated heterocycles. The number of carboxylic acids is 1. The van der Waals surface area contributed by atoms with Crippen LogP contribution in [-0.2, 0) is 0 Å². The molecule has 4 heteroatoms. The molecule has 0 bridgehead atoms. The molecule has 3 aromatic rings. The quantitative estimate of drug-likeness (QED) is 0.795. The number of hydrogen-bond donors (Lipinski definition) is 1. The Morgan fingerprint density at radius 1 is 1.00 bits per heavy atom. The number of nitrogens with zero attached hydrogens (tertiary/aromatic N) is 2. The van der Waals surface area contributed by atoms with Crippen molar-refractivity contribution in [2.24, 2.45) is 0 Å². The van der Waals surface area contributed by atoms with E-state index in [2.05, 4.69) is 9.97 Å². The number of aromatic carboxylic acids is 1. The van der Waals surface area contributed by atoms with E-state index in [1.165, 1.54) is 0 Å². The normalized spacial score (nSPS) is 11.0. The lowest BCUT2D eigenvalue weighted by atomic mass is 10.1. The van der Waals surface area contributed by atoms with E-state index in [1.54, 1.807) is 30.5 Å². The first kappa shape index (κ1) is 13.0. The van der Waals surface area contributed by atoms with Crippen LogP contribution in [0.15, 0.2) is 54.7 Å². The van der Waals surface area contributed by atoms with Gasteiger partial charge in [-0.05, 0) is 48.0 Å². The summed E-state index contributed by atoms with van der Waals surface area (Å²) in [4.78, 5) is 19.4. The maximum Gasteiger partial charge on any atom is 0.335 e. The average Bonchev–Trinajstić information content (AvgIpc) is 2.53. The van der Waals surface area contributed by atoms with Crippen molar-refractivity contribution in [2.45, 2.75) is 0 Å². The van der Waals surface area contributed by atoms with Crippen LogP contribution in [0.2, 0.25) is 0 Å². The van der Waals surface area contributed by atoms with Crippen molar-refractivity contribution in [3.05, 3.63) is 71.5 Å². The molecule has 3 rings (SSSR count). The summed E-state index contributed by atoms with van der Waals surface area (Å²) in [5.41, 5.74) is 2.72. The van der Waals surface area contributed by atoms with Gasteiger partial charge in [0, 0.05) is 11.6 Å². The van der Waals surface area contributed by atoms with Gasteiger partial charge in [0.05, 0.1) is 11.3 Å². The molecule has 4 nitrogen and oxygen atoms in total. The van der Waals surface area contributed by atoms with Gasteiger partial charge in [-0.2, -0.15) is 0 Å². The first-order valence-corrected chi connectivity index (χ1v) is 6.45. The molecule has 0 atom stereocenters. The Morgan fingerprint density at radius 2 is 1.81 bits per heavy atom. The van der Waals surface area contributed by atoms with E-state index < -0.39 is 5.97 Å². The van der Waals surface area contributed by atoms with Crippen LogP contribution in [0.4, 0.5) is 0 Å². The summed E-state index contributed by atoms with van der Waals surface area (Å²) >= 11 is 0. The lowest BCUT2D eigenvalue weighted by molar-refractivity contribution is 0.0697. The lowest BCUT2D eigenvalue weighted by Gasteiger charge is -1.98. The summed E-state index contributed by atoms with van der Waals surface area (Å²) in [5.74, 6) is -0.923. The molecule has 0 spiro atoms. The van der Waals surface area contributed by atoms with Crippen LogP contribution in [0.25, 0.3) is 23.2 Å². The molecule has 0 amide bonds. The number of hydrogen-bond acceptors (Lipinski definition) is 3. The molecule has 2 aromatic heterocycles. The molecule has 102 valence electrons. The van der Waals surface area contributed by atoms with E-state index in [0.29, 0.717) is 5.65 Å². The number of fused-ring (bicyclic) bond motifs is 1. The highest BCUT2D eigenvalue weighted by Gasteiger charge is 2.00. The van der Waals surface area contributed by atoms with E-state index in [0.717, 1.165) is 16.6 Å². The molecule has 0 aliphatic rings. The number of carbonyl (C=O) groups is 1. The summed E-state index contributed by atoms with van der Waals surface area (Å²) in [6, 6.07) is 14.4. The third-order valence-corrected chi connectivity index (χ3v) is 3.09. The summed E-state index contributed by atoms with van der Waals surface area (Å²) in [5, 5.41) is 9.85. The van der Waals surface area contributed by atoms with Crippen molar-refractivity contribution in [1.82, 2.24) is 9.97 Å². The third-order valence-electron chi connectivity index (χ3n) is 3.09. The van der Waals surface area contributed by atoms with Crippen molar-refractivity contribution in [3.8, 4) is 0 Å². The number of benzene rings is 1. The van der Waals surface area contributed by atoms with Crippen LogP contribution in [0.1, 0.15) is 21.6 Å². The smallest absolute Gasteiger partial charge is 0.335 e. The van der Waals surface area contributed by atoms with E-state index in [9.17, 15) is 4.79 Å². The molecular formula is C17H12N2O2. The van der Waals surface area contributed by atoms with Gasteiger partial charge >= 0.3 is 5.97 Å². The molecule has 2 heterocycles. The molecule has 0 aliphatic heterocycles. The van der Waals surface area contributed by atoms with Gasteiger partial charge in [0.15, 0.2) is 5.65 Å². The Hall–Kier alpha value is -3.01. The van der Waals surface area contributed by atoms with Crippen molar-refractivity contribution in [1.29, 1.82) is 0 Å². The molecule has 0 saturated carbocycles. The van der Waals surface area contributed by atoms with Crippen LogP contribution in [0.5, 0.6) is 0 Å². The van der Waals surface area contributed by atoms with Gasteiger partial charge in [-0.1, -0.05) is 18.2 Å². The Morgan fingerprint density at radius 3 is 2.57 bits per heavy atom. The van der Waals surface area contributed by atoms with Gasteiger partial charge in [0.1, 0.15) is 0 Å². The Kier molecular flexibility index (Phi) is 3.43. The minimum Gasteiger partial charge on any atom is -0.478 e. The number of rotatable bonds is 3. The standard InChI is InChI=1S/C17H12N2O2/c20-17(21)14-6-3-12(4-7-14)5-9-15-10-8-13-2-1-11-18-16(13)19-15/h1-11H,(H,20,21). The second-order valence-corrected chi connectivity index (χ2v) is 4.55. The number of pyridine rings is 2. The largest absolute Gasteiger partial charge is 0.478 e. The second kappa shape index (κ2) is 5.54. The Labute approximate surface area is 121 Å². The third kappa shape index (κ3) is 2.95. The zero-order valence-electron chi connectivity index (χ0n) is 11.1. The van der Waals surface area contributed by atoms with Crippen LogP contribution in [-0.4, -0.2) is 21.0 Å². The topological polar surface area (TPSA) is 63.1 Å². The first-order valence-electron chi connectivity index (χ1n) is 6.45. The van der Waals surface area contributed by atoms with Crippen LogP contribution >= 0.6 is 0 Å². The van der Waals surface area contributed by atoms with Gasteiger partial charge in [0.2, 0.25) is 0 Å². The first-order chi connectivity index (χ1) is 10.2. The highest BCUT2D eigenvalue weighted by Crippen LogP contribution is 2.12. The maximum absolute atomic E-state index is 10.8. The molecule has 0 radical (unpaired) electrons. The van der Waals surface area contributed by atoms with Crippen LogP contribution < -0.4 is 0 Å². The van der Waals surface area contributed by atoms with Crippen molar-refractivity contribution in [2.75, 3.05) is 0 Å². The molecule has 1 aromatic carbocycles. The molecular weight excluding hydrogens is 264 g/mol. The fraction of sp³-hybridized carbons (Fsp3) is 0. The second-order valence-electron chi connectivity index (χ2n) is 4.55. The number of carboxylic acid groups (broad SMARTS) is 1. The van der Waals surface area contributed by atoms with E-state index in [4.69, 9.17) is 5.11 Å². The van der Waals surface area contributed by atoms with Gasteiger partial charge in [-0.15, -0.1) is 0 Å². The Bertz CT molecular complexity index is 824. The zero-order valence-corrected chi connectivity index (χ0v) is 11.1. The summed E-state index contributed by atoms with van der Waals surface area (Å²) in [6.07, 6.45) is 5.49. The average molecular weight is 276 g/mol. The molecule has 21 heavy (non-hydrogen) atoms. The van der Waals surface area contributed by atoms with Crippen molar-refractivity contribution >= 4 is 29.2 Å². The summed E-state index contributed by atoms with van der Waals surface area (Å²) in [6.45, 7) is 0. The van der Waals surface area contributed by atoms with Gasteiger partial charge < -0.3 is 5.11 Å².